The van der Waals surface area contributed by atoms with Crippen molar-refractivity contribution in [2.45, 2.75) is 31.2 Å². The summed E-state index contributed by atoms with van der Waals surface area (Å²) in [4.78, 5) is 18.5. The Hall–Kier alpha value is -1.53. The van der Waals surface area contributed by atoms with Gasteiger partial charge in [0.2, 0.25) is 5.91 Å². The Morgan fingerprint density at radius 1 is 1.46 bits per heavy atom. The molecule has 24 heavy (non-hydrogen) atoms. The van der Waals surface area contributed by atoms with E-state index in [0.29, 0.717) is 11.8 Å². The maximum Gasteiger partial charge on any atom is 0.224 e. The summed E-state index contributed by atoms with van der Waals surface area (Å²) in [5, 5.41) is 6.58. The Labute approximate surface area is 146 Å². The average Bonchev–Trinajstić information content (AvgIpc) is 2.91. The highest BCUT2D eigenvalue weighted by Gasteiger charge is 2.57. The number of nitrogens with zero attached hydrogens (tertiary/aromatic N) is 2. The molecule has 0 radical (unpaired) electrons. The minimum Gasteiger partial charge on any atom is -0.344 e. The van der Waals surface area contributed by atoms with E-state index in [2.05, 4.69) is 33.0 Å². The minimum atomic E-state index is -0.497. The molecule has 6 heteroatoms. The summed E-state index contributed by atoms with van der Waals surface area (Å²) in [5.74, 6) is 3.33. The van der Waals surface area contributed by atoms with Gasteiger partial charge in [-0.15, -0.1) is 11.8 Å². The molecule has 2 N–H and O–H groups in total. The lowest BCUT2D eigenvalue weighted by molar-refractivity contribution is -0.124. The molecular formula is C18H24N4OS. The maximum absolute atomic E-state index is 12.7. The van der Waals surface area contributed by atoms with Crippen LogP contribution < -0.4 is 10.6 Å². The van der Waals surface area contributed by atoms with Crippen molar-refractivity contribution >= 4 is 23.2 Å². The first-order chi connectivity index (χ1) is 11.5. The van der Waals surface area contributed by atoms with E-state index >= 15 is 0 Å². The van der Waals surface area contributed by atoms with E-state index in [0.717, 1.165) is 30.2 Å². The van der Waals surface area contributed by atoms with Crippen molar-refractivity contribution in [3.8, 4) is 0 Å². The molecule has 1 amide bonds. The van der Waals surface area contributed by atoms with Gasteiger partial charge in [0.25, 0.3) is 0 Å². The van der Waals surface area contributed by atoms with Crippen LogP contribution in [-0.4, -0.2) is 34.1 Å². The van der Waals surface area contributed by atoms with E-state index in [-0.39, 0.29) is 11.8 Å². The molecule has 2 aromatic rings. The largest absolute Gasteiger partial charge is 0.344 e. The summed E-state index contributed by atoms with van der Waals surface area (Å²) in [7, 11) is 0. The van der Waals surface area contributed by atoms with E-state index in [9.17, 15) is 4.79 Å². The van der Waals surface area contributed by atoms with Crippen molar-refractivity contribution in [3.63, 3.8) is 0 Å². The first-order valence-corrected chi connectivity index (χ1v) is 9.63. The van der Waals surface area contributed by atoms with Crippen LogP contribution in [0.15, 0.2) is 29.4 Å². The number of fused-ring (bicyclic) bond motifs is 2. The number of carbonyl (C=O) groups is 1. The third-order valence-electron chi connectivity index (χ3n) is 5.22. The van der Waals surface area contributed by atoms with Gasteiger partial charge in [-0.2, -0.15) is 0 Å². The van der Waals surface area contributed by atoms with E-state index < -0.39 is 5.54 Å². The first kappa shape index (κ1) is 16.0. The monoisotopic (exact) mass is 344 g/mol. The zero-order chi connectivity index (χ0) is 16.9. The normalized spacial score (nSPS) is 25.7. The quantitative estimate of drug-likeness (QED) is 0.817. The molecule has 2 aliphatic rings. The summed E-state index contributed by atoms with van der Waals surface area (Å²) in [6.45, 7) is 8.18. The van der Waals surface area contributed by atoms with Crippen LogP contribution in [0.4, 0.5) is 0 Å². The molecular weight excluding hydrogens is 320 g/mol. The number of rotatable bonds is 5. The first-order valence-electron chi connectivity index (χ1n) is 8.65. The van der Waals surface area contributed by atoms with Gasteiger partial charge in [0.15, 0.2) is 0 Å². The Morgan fingerprint density at radius 3 is 2.92 bits per heavy atom. The van der Waals surface area contributed by atoms with Crippen molar-refractivity contribution in [2.24, 2.45) is 17.8 Å². The fourth-order valence-corrected chi connectivity index (χ4v) is 4.78. The Morgan fingerprint density at radius 2 is 2.21 bits per heavy atom. The van der Waals surface area contributed by atoms with Gasteiger partial charge in [-0.25, -0.2) is 4.98 Å². The second kappa shape index (κ2) is 5.77. The zero-order valence-corrected chi connectivity index (χ0v) is 15.2. The van der Waals surface area contributed by atoms with Crippen molar-refractivity contribution in [1.29, 1.82) is 0 Å². The number of aromatic nitrogens is 2. The number of hydrogen-bond acceptors (Lipinski definition) is 4. The third-order valence-corrected chi connectivity index (χ3v) is 6.17. The number of hydrogen-bond donors (Lipinski definition) is 2. The van der Waals surface area contributed by atoms with Gasteiger partial charge in [0.05, 0.1) is 17.3 Å². The Balaban J connectivity index is 1.59. The number of carbonyl (C=O) groups excluding carboxylic acids is 1. The van der Waals surface area contributed by atoms with Crippen LogP contribution in [0.1, 0.15) is 26.6 Å². The predicted octanol–water partition coefficient (Wildman–Crippen LogP) is 2.26. The standard InChI is InChI=1S/C18H24N4OS/c1-4-24-14-6-5-7-22-13(14)10-20-17(22)18(2,3)21-16(23)15-11-8-19-9-12(11)15/h5-7,10-12,15,19H,4,8-9H2,1-3H3,(H,21,23)/t11-,12+,15+. The number of piperidine rings is 1. The highest BCUT2D eigenvalue weighted by Crippen LogP contribution is 2.49. The molecule has 1 saturated heterocycles. The van der Waals surface area contributed by atoms with Crippen LogP contribution >= 0.6 is 11.8 Å². The molecule has 0 aromatic carbocycles. The van der Waals surface area contributed by atoms with Crippen LogP contribution in [0.25, 0.3) is 5.52 Å². The van der Waals surface area contributed by atoms with E-state index in [1.165, 1.54) is 4.90 Å². The smallest absolute Gasteiger partial charge is 0.224 e. The SMILES string of the molecule is CCSc1cccn2c(C(C)(C)NC(=O)[C@H]3[C@@H]4CNC[C@@H]43)ncc12. The van der Waals surface area contributed by atoms with Crippen LogP contribution in [0.2, 0.25) is 0 Å². The molecule has 5 nitrogen and oxygen atoms in total. The van der Waals surface area contributed by atoms with E-state index in [1.807, 2.05) is 44.1 Å². The highest BCUT2D eigenvalue weighted by molar-refractivity contribution is 7.99. The molecule has 1 saturated carbocycles. The van der Waals surface area contributed by atoms with Crippen LogP contribution in [0, 0.1) is 17.8 Å². The second-order valence-electron chi connectivity index (χ2n) is 7.27. The summed E-state index contributed by atoms with van der Waals surface area (Å²) < 4.78 is 2.10. The number of imidazole rings is 1. The summed E-state index contributed by atoms with van der Waals surface area (Å²) in [6, 6.07) is 4.17. The molecule has 2 aromatic heterocycles. The van der Waals surface area contributed by atoms with Gasteiger partial charge < -0.3 is 15.0 Å². The molecule has 1 aliphatic carbocycles. The molecule has 0 spiro atoms. The highest BCUT2D eigenvalue weighted by atomic mass is 32.2. The van der Waals surface area contributed by atoms with Gasteiger partial charge in [-0.05, 0) is 56.7 Å². The van der Waals surface area contributed by atoms with Crippen molar-refractivity contribution in [1.82, 2.24) is 20.0 Å². The van der Waals surface area contributed by atoms with E-state index in [4.69, 9.17) is 0 Å². The summed E-state index contributed by atoms with van der Waals surface area (Å²) in [5.41, 5.74) is 0.609. The lowest BCUT2D eigenvalue weighted by Crippen LogP contribution is -2.44. The van der Waals surface area contributed by atoms with Gasteiger partial charge in [-0.1, -0.05) is 6.92 Å². The van der Waals surface area contributed by atoms with Gasteiger partial charge in [0, 0.05) is 17.0 Å². The molecule has 1 aliphatic heterocycles. The molecule has 3 heterocycles. The summed E-state index contributed by atoms with van der Waals surface area (Å²) in [6.07, 6.45) is 3.94. The predicted molar refractivity (Wildman–Crippen MR) is 96.1 cm³/mol. The number of nitrogens with one attached hydrogen (secondary N) is 2. The fraction of sp³-hybridized carbons (Fsp3) is 0.556. The topological polar surface area (TPSA) is 58.4 Å². The third kappa shape index (κ3) is 2.52. The van der Waals surface area contributed by atoms with Gasteiger partial charge in [-0.3, -0.25) is 4.79 Å². The number of amides is 1. The van der Waals surface area contributed by atoms with Crippen LogP contribution in [0.5, 0.6) is 0 Å². The summed E-state index contributed by atoms with van der Waals surface area (Å²) >= 11 is 1.81. The van der Waals surface area contributed by atoms with Gasteiger partial charge >= 0.3 is 0 Å². The van der Waals surface area contributed by atoms with E-state index in [1.54, 1.807) is 0 Å². The van der Waals surface area contributed by atoms with Crippen molar-refractivity contribution < 1.29 is 4.79 Å². The van der Waals surface area contributed by atoms with Crippen molar-refractivity contribution in [3.05, 3.63) is 30.4 Å². The average molecular weight is 344 g/mol. The second-order valence-corrected chi connectivity index (χ2v) is 8.57. The Bertz CT molecular complexity index is 774. The Kier molecular flexibility index (Phi) is 3.84. The lowest BCUT2D eigenvalue weighted by Gasteiger charge is -2.26. The molecule has 128 valence electrons. The number of pyridine rings is 1. The van der Waals surface area contributed by atoms with Crippen LogP contribution in [-0.2, 0) is 10.3 Å². The van der Waals surface area contributed by atoms with Crippen molar-refractivity contribution in [2.75, 3.05) is 18.8 Å². The number of thioether (sulfide) groups is 1. The maximum atomic E-state index is 12.7. The lowest BCUT2D eigenvalue weighted by atomic mass is 10.0. The zero-order valence-electron chi connectivity index (χ0n) is 14.4. The fourth-order valence-electron chi connectivity index (χ4n) is 3.99. The molecule has 4 rings (SSSR count). The minimum absolute atomic E-state index is 0.173. The molecule has 0 unspecified atom stereocenters. The van der Waals surface area contributed by atoms with Gasteiger partial charge in [0.1, 0.15) is 5.82 Å². The molecule has 3 atom stereocenters. The molecule has 0 bridgehead atoms. The van der Waals surface area contributed by atoms with Crippen LogP contribution in [0.3, 0.4) is 0 Å². The molecule has 2 fully saturated rings.